The first-order valence-electron chi connectivity index (χ1n) is 5.92. The van der Waals surface area contributed by atoms with Gasteiger partial charge in [-0.25, -0.2) is 0 Å². The summed E-state index contributed by atoms with van der Waals surface area (Å²) in [6, 6.07) is 14.9. The molecule has 0 aliphatic rings. The Kier molecular flexibility index (Phi) is 3.20. The quantitative estimate of drug-likeness (QED) is 0.672. The van der Waals surface area contributed by atoms with Gasteiger partial charge in [-0.05, 0) is 46.0 Å². The molecule has 0 aliphatic heterocycles. The maximum Gasteiger partial charge on any atom is 0.0346 e. The first-order valence-corrected chi connectivity index (χ1v) is 6.86. The Bertz CT molecular complexity index is 615. The maximum atomic E-state index is 4.34. The lowest BCUT2D eigenvalue weighted by atomic mass is 10.0. The first kappa shape index (κ1) is 11.2. The molecule has 0 aliphatic carbocycles. The van der Waals surface area contributed by atoms with E-state index in [1.165, 1.54) is 22.3 Å². The van der Waals surface area contributed by atoms with Crippen LogP contribution in [0, 0.1) is 0 Å². The molecular formula is C16H13NS. The van der Waals surface area contributed by atoms with Gasteiger partial charge >= 0.3 is 0 Å². The van der Waals surface area contributed by atoms with Gasteiger partial charge in [0.1, 0.15) is 0 Å². The van der Waals surface area contributed by atoms with E-state index in [2.05, 4.69) is 52.1 Å². The lowest BCUT2D eigenvalue weighted by molar-refractivity contribution is 1.15. The second kappa shape index (κ2) is 5.15. The van der Waals surface area contributed by atoms with Crippen LogP contribution >= 0.6 is 11.3 Å². The van der Waals surface area contributed by atoms with Gasteiger partial charge in [0, 0.05) is 18.0 Å². The molecule has 88 valence electrons. The molecule has 0 spiro atoms. The molecule has 2 heteroatoms. The molecular weight excluding hydrogens is 238 g/mol. The summed E-state index contributed by atoms with van der Waals surface area (Å²) in [6.07, 6.45) is 4.81. The highest BCUT2D eigenvalue weighted by Crippen LogP contribution is 2.22. The van der Waals surface area contributed by atoms with Gasteiger partial charge in [-0.2, -0.15) is 11.3 Å². The molecule has 0 fully saturated rings. The Morgan fingerprint density at radius 3 is 2.56 bits per heavy atom. The summed E-state index contributed by atoms with van der Waals surface area (Å²) in [5.41, 5.74) is 5.03. The molecule has 0 radical (unpaired) electrons. The van der Waals surface area contributed by atoms with E-state index in [0.29, 0.717) is 0 Å². The second-order valence-electron chi connectivity index (χ2n) is 4.26. The molecule has 2 aromatic heterocycles. The van der Waals surface area contributed by atoms with Gasteiger partial charge in [-0.15, -0.1) is 0 Å². The number of hydrogen-bond acceptors (Lipinski definition) is 2. The molecule has 2 heterocycles. The minimum absolute atomic E-state index is 0.936. The fourth-order valence-corrected chi connectivity index (χ4v) is 2.67. The minimum atomic E-state index is 0.936. The van der Waals surface area contributed by atoms with E-state index in [0.717, 1.165) is 6.42 Å². The van der Waals surface area contributed by atoms with Crippen molar-refractivity contribution in [2.24, 2.45) is 0 Å². The molecule has 1 nitrogen and oxygen atoms in total. The van der Waals surface area contributed by atoms with Crippen LogP contribution in [-0.4, -0.2) is 4.98 Å². The van der Waals surface area contributed by atoms with Crippen LogP contribution in [0.1, 0.15) is 11.1 Å². The topological polar surface area (TPSA) is 12.9 Å². The van der Waals surface area contributed by atoms with E-state index in [1.54, 1.807) is 11.3 Å². The molecule has 1 aromatic carbocycles. The van der Waals surface area contributed by atoms with Crippen molar-refractivity contribution in [3.63, 3.8) is 0 Å². The highest BCUT2D eigenvalue weighted by molar-refractivity contribution is 7.08. The van der Waals surface area contributed by atoms with Gasteiger partial charge in [0.25, 0.3) is 0 Å². The van der Waals surface area contributed by atoms with Crippen molar-refractivity contribution >= 4 is 11.3 Å². The van der Waals surface area contributed by atoms with Crippen LogP contribution in [0.5, 0.6) is 0 Å². The highest BCUT2D eigenvalue weighted by Gasteiger charge is 2.01. The van der Waals surface area contributed by atoms with E-state index in [4.69, 9.17) is 0 Å². The largest absolute Gasteiger partial charge is 0.264 e. The highest BCUT2D eigenvalue weighted by atomic mass is 32.1. The van der Waals surface area contributed by atoms with Gasteiger partial charge in [0.2, 0.25) is 0 Å². The Morgan fingerprint density at radius 1 is 0.889 bits per heavy atom. The third kappa shape index (κ3) is 2.49. The molecule has 3 rings (SSSR count). The van der Waals surface area contributed by atoms with Crippen LogP contribution in [0.3, 0.4) is 0 Å². The van der Waals surface area contributed by atoms with Gasteiger partial charge < -0.3 is 0 Å². The molecule has 0 atom stereocenters. The van der Waals surface area contributed by atoms with Crippen molar-refractivity contribution in [3.8, 4) is 11.1 Å². The molecule has 0 amide bonds. The van der Waals surface area contributed by atoms with Crippen LogP contribution in [0.25, 0.3) is 11.1 Å². The normalized spacial score (nSPS) is 10.4. The van der Waals surface area contributed by atoms with Crippen LogP contribution in [0.4, 0.5) is 0 Å². The van der Waals surface area contributed by atoms with Crippen LogP contribution < -0.4 is 0 Å². The first-order chi connectivity index (χ1) is 8.92. The number of rotatable bonds is 3. The zero-order chi connectivity index (χ0) is 12.2. The van der Waals surface area contributed by atoms with Crippen LogP contribution in [0.15, 0.2) is 65.6 Å². The molecule has 0 bridgehead atoms. The lowest BCUT2D eigenvalue weighted by Gasteiger charge is -2.03. The zero-order valence-electron chi connectivity index (χ0n) is 9.91. The van der Waals surface area contributed by atoms with Gasteiger partial charge in [-0.3, -0.25) is 4.98 Å². The fraction of sp³-hybridized carbons (Fsp3) is 0.0625. The second-order valence-corrected chi connectivity index (χ2v) is 5.04. The van der Waals surface area contributed by atoms with Crippen LogP contribution in [-0.2, 0) is 6.42 Å². The van der Waals surface area contributed by atoms with E-state index in [9.17, 15) is 0 Å². The predicted octanol–water partition coefficient (Wildman–Crippen LogP) is 4.40. The van der Waals surface area contributed by atoms with E-state index < -0.39 is 0 Å². The third-order valence-electron chi connectivity index (χ3n) is 2.90. The summed E-state index contributed by atoms with van der Waals surface area (Å²) in [4.78, 5) is 4.34. The average Bonchev–Trinajstić information content (AvgIpc) is 2.94. The van der Waals surface area contributed by atoms with Crippen molar-refractivity contribution in [1.29, 1.82) is 0 Å². The average molecular weight is 251 g/mol. The molecule has 0 saturated carbocycles. The lowest BCUT2D eigenvalue weighted by Crippen LogP contribution is -1.89. The number of hydrogen-bond donors (Lipinski definition) is 0. The standard InChI is InChI=1S/C16H13NS/c1-2-4-13(5-3-1)8-14-9-16(11-17-10-14)15-6-7-18-12-15/h1-7,9-12H,8H2. The smallest absolute Gasteiger partial charge is 0.0346 e. The predicted molar refractivity (Wildman–Crippen MR) is 76.8 cm³/mol. The van der Waals surface area contributed by atoms with Crippen molar-refractivity contribution in [2.75, 3.05) is 0 Å². The number of aromatic nitrogens is 1. The van der Waals surface area contributed by atoms with E-state index >= 15 is 0 Å². The van der Waals surface area contributed by atoms with Gasteiger partial charge in [0.05, 0.1) is 0 Å². The SMILES string of the molecule is c1ccc(Cc2cncc(-c3ccsc3)c2)cc1. The summed E-state index contributed by atoms with van der Waals surface area (Å²) in [6.45, 7) is 0. The Hall–Kier alpha value is -1.93. The summed E-state index contributed by atoms with van der Waals surface area (Å²) >= 11 is 1.72. The minimum Gasteiger partial charge on any atom is -0.264 e. The number of nitrogens with zero attached hydrogens (tertiary/aromatic N) is 1. The van der Waals surface area contributed by atoms with E-state index in [-0.39, 0.29) is 0 Å². The third-order valence-corrected chi connectivity index (χ3v) is 3.58. The zero-order valence-corrected chi connectivity index (χ0v) is 10.7. The monoisotopic (exact) mass is 251 g/mol. The molecule has 0 saturated heterocycles. The molecule has 0 N–H and O–H groups in total. The summed E-state index contributed by atoms with van der Waals surface area (Å²) in [7, 11) is 0. The van der Waals surface area contributed by atoms with Crippen molar-refractivity contribution in [3.05, 3.63) is 76.7 Å². The Morgan fingerprint density at radius 2 is 1.78 bits per heavy atom. The van der Waals surface area contributed by atoms with Crippen molar-refractivity contribution in [2.45, 2.75) is 6.42 Å². The summed E-state index contributed by atoms with van der Waals surface area (Å²) in [5.74, 6) is 0. The summed E-state index contributed by atoms with van der Waals surface area (Å²) < 4.78 is 0. The number of benzene rings is 1. The van der Waals surface area contributed by atoms with Crippen molar-refractivity contribution < 1.29 is 0 Å². The van der Waals surface area contributed by atoms with E-state index in [1.807, 2.05) is 18.5 Å². The molecule has 0 unspecified atom stereocenters. The van der Waals surface area contributed by atoms with Gasteiger partial charge in [0.15, 0.2) is 0 Å². The maximum absolute atomic E-state index is 4.34. The Labute approximate surface area is 111 Å². The van der Waals surface area contributed by atoms with Crippen LogP contribution in [0.2, 0.25) is 0 Å². The number of pyridine rings is 1. The molecule has 3 aromatic rings. The van der Waals surface area contributed by atoms with Gasteiger partial charge in [-0.1, -0.05) is 30.3 Å². The van der Waals surface area contributed by atoms with Crippen molar-refractivity contribution in [1.82, 2.24) is 4.98 Å². The Balaban J connectivity index is 1.88. The summed E-state index contributed by atoms with van der Waals surface area (Å²) in [5, 5.41) is 4.25. The number of thiophene rings is 1. The fourth-order valence-electron chi connectivity index (χ4n) is 2.00. The molecule has 18 heavy (non-hydrogen) atoms.